The lowest BCUT2D eigenvalue weighted by Crippen LogP contribution is -2.33. The number of fused-ring (bicyclic) bond motifs is 1. The Hall–Kier alpha value is -3.78. The van der Waals surface area contributed by atoms with Crippen molar-refractivity contribution in [3.05, 3.63) is 40.7 Å². The number of nitrogens with zero attached hydrogens (tertiary/aromatic N) is 4. The van der Waals surface area contributed by atoms with Gasteiger partial charge in [-0.3, -0.25) is 19.5 Å². The van der Waals surface area contributed by atoms with Crippen molar-refractivity contribution in [3.8, 4) is 11.5 Å². The second kappa shape index (κ2) is 10.0. The molecule has 13 nitrogen and oxygen atoms in total. The number of carbonyl (C=O) groups excluding carboxylic acids is 1. The molecule has 34 heavy (non-hydrogen) atoms. The molecule has 2 heterocycles. The number of sulfonamides is 1. The van der Waals surface area contributed by atoms with E-state index in [1.807, 2.05) is 0 Å². The van der Waals surface area contributed by atoms with Crippen LogP contribution in [0.15, 0.2) is 29.6 Å². The number of nitrogen functional groups attached to an aromatic ring is 1. The van der Waals surface area contributed by atoms with Crippen molar-refractivity contribution in [2.24, 2.45) is 0 Å². The molecule has 2 aromatic heterocycles. The summed E-state index contributed by atoms with van der Waals surface area (Å²) in [4.78, 5) is 37.9. The highest BCUT2D eigenvalue weighted by atomic mass is 32.2. The van der Waals surface area contributed by atoms with Crippen molar-refractivity contribution >= 4 is 38.5 Å². The maximum atomic E-state index is 13.2. The molecule has 0 bridgehead atoms. The van der Waals surface area contributed by atoms with E-state index >= 15 is 0 Å². The Kier molecular flexibility index (Phi) is 7.32. The first kappa shape index (κ1) is 24.9. The van der Waals surface area contributed by atoms with Gasteiger partial charge in [-0.2, -0.15) is 0 Å². The molecule has 0 aliphatic heterocycles. The van der Waals surface area contributed by atoms with Gasteiger partial charge in [-0.1, -0.05) is 0 Å². The molecule has 0 spiro atoms. The Balaban J connectivity index is 2.11. The normalized spacial score (nSPS) is 12.4. The monoisotopic (exact) mass is 491 g/mol. The number of amides is 1. The molecule has 1 amide bonds. The van der Waals surface area contributed by atoms with Crippen molar-refractivity contribution < 1.29 is 22.7 Å². The van der Waals surface area contributed by atoms with Gasteiger partial charge in [0.15, 0.2) is 11.5 Å². The summed E-state index contributed by atoms with van der Waals surface area (Å²) < 4.78 is 38.6. The van der Waals surface area contributed by atoms with Gasteiger partial charge in [0, 0.05) is 25.0 Å². The molecule has 3 rings (SSSR count). The van der Waals surface area contributed by atoms with Crippen molar-refractivity contribution in [1.29, 1.82) is 0 Å². The summed E-state index contributed by atoms with van der Waals surface area (Å²) in [5.74, 6) is -0.452. The standard InChI is InChI=1S/C20H25N7O6S/c1-5-27-19(29)15-13(21)6-14(33-9-11(2)34(30,31)22-3)17(32-4)16(15)25-20(27)26-18(28)12-7-23-10-24-8-12/h6-8,10-11,22H,5,9,21H2,1-4H3,(H,25,26,28). The summed E-state index contributed by atoms with van der Waals surface area (Å²) in [6.07, 6.45) is 3.93. The number of carbonyl (C=O) groups is 1. The molecule has 0 fully saturated rings. The Labute approximate surface area is 195 Å². The average molecular weight is 492 g/mol. The molecule has 1 unspecified atom stereocenters. The van der Waals surface area contributed by atoms with Crippen LogP contribution in [0.5, 0.6) is 11.5 Å². The molecular formula is C20H25N7O6S. The smallest absolute Gasteiger partial charge is 0.265 e. The second-order valence-electron chi connectivity index (χ2n) is 7.16. The number of anilines is 2. The van der Waals surface area contributed by atoms with Gasteiger partial charge in [0.1, 0.15) is 23.7 Å². The summed E-state index contributed by atoms with van der Waals surface area (Å²) in [5.41, 5.74) is 5.92. The molecule has 3 aromatic rings. The fraction of sp³-hybridized carbons (Fsp3) is 0.350. The van der Waals surface area contributed by atoms with Crippen LogP contribution in [0.2, 0.25) is 0 Å². The van der Waals surface area contributed by atoms with Crippen LogP contribution in [-0.4, -0.2) is 59.9 Å². The third-order valence-electron chi connectivity index (χ3n) is 5.04. The first-order valence-electron chi connectivity index (χ1n) is 10.2. The minimum absolute atomic E-state index is 0.0465. The van der Waals surface area contributed by atoms with E-state index in [9.17, 15) is 18.0 Å². The highest BCUT2D eigenvalue weighted by Gasteiger charge is 2.24. The molecular weight excluding hydrogens is 466 g/mol. The summed E-state index contributed by atoms with van der Waals surface area (Å²) in [7, 11) is -0.925. The number of benzene rings is 1. The number of nitrogens with two attached hydrogens (primary N) is 1. The Bertz CT molecular complexity index is 1380. The lowest BCUT2D eigenvalue weighted by atomic mass is 10.1. The molecule has 0 aliphatic rings. The summed E-state index contributed by atoms with van der Waals surface area (Å²) in [6, 6.07) is 1.38. The van der Waals surface area contributed by atoms with Crippen LogP contribution in [0.3, 0.4) is 0 Å². The lowest BCUT2D eigenvalue weighted by Gasteiger charge is -2.18. The Morgan fingerprint density at radius 1 is 1.29 bits per heavy atom. The number of ether oxygens (including phenoxy) is 2. The predicted octanol–water partition coefficient (Wildman–Crippen LogP) is 0.366. The molecule has 0 saturated carbocycles. The predicted molar refractivity (Wildman–Crippen MR) is 126 cm³/mol. The van der Waals surface area contributed by atoms with Crippen LogP contribution in [0, 0.1) is 0 Å². The fourth-order valence-electron chi connectivity index (χ4n) is 3.16. The van der Waals surface area contributed by atoms with Gasteiger partial charge in [-0.15, -0.1) is 0 Å². The van der Waals surface area contributed by atoms with E-state index in [4.69, 9.17) is 15.2 Å². The minimum Gasteiger partial charge on any atom is -0.491 e. The first-order chi connectivity index (χ1) is 16.1. The lowest BCUT2D eigenvalue weighted by molar-refractivity contribution is 0.102. The van der Waals surface area contributed by atoms with Crippen molar-refractivity contribution in [2.45, 2.75) is 25.6 Å². The zero-order chi connectivity index (χ0) is 25.0. The molecule has 0 aliphatic carbocycles. The number of rotatable bonds is 9. The summed E-state index contributed by atoms with van der Waals surface area (Å²) >= 11 is 0. The van der Waals surface area contributed by atoms with Crippen LogP contribution >= 0.6 is 0 Å². The minimum atomic E-state index is -3.58. The van der Waals surface area contributed by atoms with Gasteiger partial charge in [0.05, 0.1) is 23.7 Å². The third-order valence-corrected chi connectivity index (χ3v) is 6.80. The van der Waals surface area contributed by atoms with E-state index in [1.54, 1.807) is 6.92 Å². The van der Waals surface area contributed by atoms with E-state index in [-0.39, 0.29) is 52.8 Å². The van der Waals surface area contributed by atoms with Crippen LogP contribution in [-0.2, 0) is 16.6 Å². The molecule has 4 N–H and O–H groups in total. The number of methoxy groups -OCH3 is 1. The molecule has 14 heteroatoms. The highest BCUT2D eigenvalue weighted by Crippen LogP contribution is 2.37. The molecule has 0 saturated heterocycles. The van der Waals surface area contributed by atoms with Crippen molar-refractivity contribution in [3.63, 3.8) is 0 Å². The van der Waals surface area contributed by atoms with Gasteiger partial charge in [0.2, 0.25) is 16.0 Å². The van der Waals surface area contributed by atoms with Gasteiger partial charge in [0.25, 0.3) is 11.5 Å². The highest BCUT2D eigenvalue weighted by molar-refractivity contribution is 7.90. The summed E-state index contributed by atoms with van der Waals surface area (Å²) in [5, 5.41) is 1.77. The zero-order valence-corrected chi connectivity index (χ0v) is 19.8. The molecule has 1 atom stereocenters. The molecule has 182 valence electrons. The number of hydrogen-bond donors (Lipinski definition) is 3. The maximum absolute atomic E-state index is 13.2. The SMILES string of the molecule is CCn1c(NC(=O)c2cncnc2)nc2c(OC)c(OCC(C)S(=O)(=O)NC)cc(N)c2c1=O. The van der Waals surface area contributed by atoms with Gasteiger partial charge in [-0.25, -0.2) is 28.1 Å². The average Bonchev–Trinajstić information content (AvgIpc) is 2.82. The first-order valence-corrected chi connectivity index (χ1v) is 11.7. The van der Waals surface area contributed by atoms with E-state index in [0.717, 1.165) is 0 Å². The van der Waals surface area contributed by atoms with Crippen molar-refractivity contribution in [1.82, 2.24) is 24.2 Å². The van der Waals surface area contributed by atoms with E-state index in [1.165, 1.54) is 50.4 Å². The van der Waals surface area contributed by atoms with Gasteiger partial charge >= 0.3 is 0 Å². The van der Waals surface area contributed by atoms with Crippen LogP contribution < -0.4 is 30.8 Å². The molecule has 1 aromatic carbocycles. The summed E-state index contributed by atoms with van der Waals surface area (Å²) in [6.45, 7) is 3.17. The van der Waals surface area contributed by atoms with E-state index in [2.05, 4.69) is 25.0 Å². The van der Waals surface area contributed by atoms with Gasteiger partial charge in [-0.05, 0) is 20.9 Å². The second-order valence-corrected chi connectivity index (χ2v) is 9.46. The van der Waals surface area contributed by atoms with E-state index in [0.29, 0.717) is 0 Å². The third kappa shape index (κ3) is 4.77. The Morgan fingerprint density at radius 3 is 2.56 bits per heavy atom. The number of nitrogens with one attached hydrogen (secondary N) is 2. The van der Waals surface area contributed by atoms with E-state index < -0.39 is 26.7 Å². The quantitative estimate of drug-likeness (QED) is 0.354. The number of hydrogen-bond acceptors (Lipinski definition) is 10. The molecule has 0 radical (unpaired) electrons. The van der Waals surface area contributed by atoms with Crippen LogP contribution in [0.4, 0.5) is 11.6 Å². The van der Waals surface area contributed by atoms with Crippen molar-refractivity contribution in [2.75, 3.05) is 31.8 Å². The fourth-order valence-corrected chi connectivity index (χ4v) is 3.81. The number of aromatic nitrogens is 4. The van der Waals surface area contributed by atoms with Crippen LogP contribution in [0.1, 0.15) is 24.2 Å². The largest absolute Gasteiger partial charge is 0.491 e. The van der Waals surface area contributed by atoms with Crippen LogP contribution in [0.25, 0.3) is 10.9 Å². The Morgan fingerprint density at radius 2 is 1.97 bits per heavy atom. The maximum Gasteiger partial charge on any atom is 0.265 e. The topological polar surface area (TPSA) is 180 Å². The zero-order valence-electron chi connectivity index (χ0n) is 19.0. The van der Waals surface area contributed by atoms with Gasteiger partial charge < -0.3 is 15.2 Å².